The van der Waals surface area contributed by atoms with Gasteiger partial charge in [0.05, 0.1) is 19.3 Å². The Morgan fingerprint density at radius 3 is 2.58 bits per heavy atom. The first kappa shape index (κ1) is 30.1. The fourth-order valence-corrected chi connectivity index (χ4v) is 5.82. The topological polar surface area (TPSA) is 309 Å². The Balaban J connectivity index is 1.29. The average Bonchev–Trinajstić information content (AvgIpc) is 3.37. The van der Waals surface area contributed by atoms with Crippen molar-refractivity contribution in [2.45, 2.75) is 68.5 Å². The second kappa shape index (κ2) is 11.3. The quantitative estimate of drug-likeness (QED) is 0.0394. The zero-order valence-electron chi connectivity index (χ0n) is 22.2. The minimum Gasteiger partial charge on any atom is -0.478 e. The highest BCUT2D eigenvalue weighted by molar-refractivity contribution is 7.84. The number of nitrogens with zero attached hydrogens (tertiary/aromatic N) is 7. The third kappa shape index (κ3) is 6.50. The largest absolute Gasteiger partial charge is 0.478 e. The van der Waals surface area contributed by atoms with Gasteiger partial charge in [-0.2, -0.15) is 23.4 Å². The molecule has 22 heteroatoms. The lowest BCUT2D eigenvalue weighted by Crippen LogP contribution is -2.73. The van der Waals surface area contributed by atoms with Crippen LogP contribution in [0.2, 0.25) is 0 Å². The summed E-state index contributed by atoms with van der Waals surface area (Å²) in [5, 5.41) is 28.1. The molecule has 43 heavy (non-hydrogen) atoms. The zero-order chi connectivity index (χ0) is 31.1. The maximum Gasteiger partial charge on any atom is 0.362 e. The highest BCUT2D eigenvalue weighted by Crippen LogP contribution is 2.40. The molecule has 2 aliphatic carbocycles. The molecule has 2 aromatic rings. The van der Waals surface area contributed by atoms with Crippen LogP contribution in [0, 0.1) is 0 Å². The molecule has 0 radical (unpaired) electrons. The van der Waals surface area contributed by atoms with Crippen LogP contribution in [-0.4, -0.2) is 102 Å². The van der Waals surface area contributed by atoms with Crippen molar-refractivity contribution in [3.63, 3.8) is 0 Å². The number of aromatic nitrogens is 4. The van der Waals surface area contributed by atoms with Gasteiger partial charge < -0.3 is 37.8 Å². The lowest BCUT2D eigenvalue weighted by Gasteiger charge is -2.43. The SMILES string of the molecule is NC(=NCc1cnn(C[C@@H]2[C@H](NC(=O)/C(=N\OC3(C(=O)O)CC3)c3csc(N)n3)C(=O)N2S(=O)(=O)O)n1)NC1CC(N)C1. The first-order chi connectivity index (χ1) is 20.3. The smallest absolute Gasteiger partial charge is 0.362 e. The van der Waals surface area contributed by atoms with Crippen LogP contribution >= 0.6 is 11.3 Å². The Hall–Kier alpha value is -4.41. The Bertz CT molecular complexity index is 1590. The first-order valence-electron chi connectivity index (χ1n) is 12.8. The summed E-state index contributed by atoms with van der Waals surface area (Å²) in [6, 6.07) is -2.56. The van der Waals surface area contributed by atoms with E-state index in [9.17, 15) is 32.5 Å². The molecule has 0 aromatic carbocycles. The molecule has 1 saturated heterocycles. The van der Waals surface area contributed by atoms with Crippen molar-refractivity contribution in [3.8, 4) is 0 Å². The molecule has 5 rings (SSSR count). The molecule has 2 aromatic heterocycles. The van der Waals surface area contributed by atoms with Gasteiger partial charge in [0.1, 0.15) is 23.5 Å². The van der Waals surface area contributed by atoms with Gasteiger partial charge in [-0.1, -0.05) is 5.16 Å². The van der Waals surface area contributed by atoms with Crippen molar-refractivity contribution in [3.05, 3.63) is 23.0 Å². The molecule has 3 aliphatic rings. The number of oxime groups is 1. The maximum absolute atomic E-state index is 13.2. The summed E-state index contributed by atoms with van der Waals surface area (Å²) in [6.07, 6.45) is 3.22. The van der Waals surface area contributed by atoms with Gasteiger partial charge in [0.15, 0.2) is 16.8 Å². The van der Waals surface area contributed by atoms with E-state index >= 15 is 0 Å². The Kier molecular flexibility index (Phi) is 7.93. The molecule has 2 saturated carbocycles. The fraction of sp³-hybridized carbons (Fsp3) is 0.524. The predicted octanol–water partition coefficient (Wildman–Crippen LogP) is -3.25. The van der Waals surface area contributed by atoms with E-state index in [0.717, 1.165) is 29.0 Å². The number of carboxylic acid groups (broad SMARTS) is 1. The monoisotopic (exact) mass is 640 g/mol. The number of amides is 2. The molecule has 2 atom stereocenters. The number of aliphatic imine (C=N–C) groups is 1. The first-order valence-corrected chi connectivity index (χ1v) is 15.1. The number of carbonyl (C=O) groups is 3. The summed E-state index contributed by atoms with van der Waals surface area (Å²) in [7, 11) is -5.02. The molecule has 1 aliphatic heterocycles. The number of nitrogens with two attached hydrogens (primary N) is 3. The summed E-state index contributed by atoms with van der Waals surface area (Å²) in [6.45, 7) is -0.319. The molecule has 20 nitrogen and oxygen atoms in total. The molecule has 3 fully saturated rings. The van der Waals surface area contributed by atoms with Gasteiger partial charge in [-0.25, -0.2) is 19.1 Å². The van der Waals surface area contributed by atoms with Gasteiger partial charge in [-0.3, -0.25) is 14.1 Å². The number of hydrogen-bond acceptors (Lipinski definition) is 14. The molecular weight excluding hydrogens is 612 g/mol. The van der Waals surface area contributed by atoms with E-state index < -0.39 is 51.5 Å². The second-order valence-corrected chi connectivity index (χ2v) is 12.4. The lowest BCUT2D eigenvalue weighted by atomic mass is 9.88. The van der Waals surface area contributed by atoms with Crippen molar-refractivity contribution in [2.75, 3.05) is 5.73 Å². The van der Waals surface area contributed by atoms with E-state index in [1.165, 1.54) is 11.6 Å². The van der Waals surface area contributed by atoms with E-state index in [1.54, 1.807) is 0 Å². The van der Waals surface area contributed by atoms with Gasteiger partial charge in [0, 0.05) is 30.3 Å². The maximum atomic E-state index is 13.2. The van der Waals surface area contributed by atoms with E-state index in [2.05, 4.69) is 36.0 Å². The number of guanidine groups is 1. The predicted molar refractivity (Wildman–Crippen MR) is 147 cm³/mol. The third-order valence-corrected chi connectivity index (χ3v) is 8.58. The van der Waals surface area contributed by atoms with Gasteiger partial charge in [-0.15, -0.1) is 11.3 Å². The minimum absolute atomic E-state index is 0.0395. The summed E-state index contributed by atoms with van der Waals surface area (Å²) in [5.41, 5.74) is 15.5. The number of β-lactam (4-membered cyclic amide) rings is 1. The van der Waals surface area contributed by atoms with Gasteiger partial charge >= 0.3 is 16.3 Å². The van der Waals surface area contributed by atoms with Crippen LogP contribution < -0.4 is 27.8 Å². The van der Waals surface area contributed by atoms with Gasteiger partial charge in [0.2, 0.25) is 5.60 Å². The summed E-state index contributed by atoms with van der Waals surface area (Å²) < 4.78 is 33.7. The minimum atomic E-state index is -5.02. The Morgan fingerprint density at radius 2 is 2.00 bits per heavy atom. The molecule has 232 valence electrons. The van der Waals surface area contributed by atoms with Gasteiger partial charge in [0.25, 0.3) is 11.8 Å². The molecule has 2 amide bonds. The van der Waals surface area contributed by atoms with Crippen LogP contribution in [0.4, 0.5) is 5.13 Å². The molecular formula is C21H28N12O8S2. The second-order valence-electron chi connectivity index (χ2n) is 10.2. The number of rotatable bonds is 12. The Morgan fingerprint density at radius 1 is 1.28 bits per heavy atom. The standard InChI is InChI=1S/C21H28N12O8S2/c22-9-3-10(4-9)27-19(23)25-5-11-6-26-32(30-11)7-13-15(17(35)33(13)43(38,39)40)29-16(34)14(12-8-42-20(24)28-12)31-41-21(1-2-21)18(36)37/h6,8-10,13,15H,1-5,7,22H2,(H2,24,28)(H,29,34)(H,36,37)(H3,23,25,27)(H,38,39,40)/b31-14-/t9?,10?,13-,15+/m1/s1. The molecule has 0 spiro atoms. The molecule has 3 heterocycles. The number of aliphatic carboxylic acids is 1. The number of nitrogens with one attached hydrogen (secondary N) is 2. The van der Waals surface area contributed by atoms with Gasteiger partial charge in [-0.05, 0) is 12.8 Å². The summed E-state index contributed by atoms with van der Waals surface area (Å²) >= 11 is 0.966. The average molecular weight is 641 g/mol. The molecule has 0 bridgehead atoms. The van der Waals surface area contributed by atoms with E-state index in [-0.39, 0.29) is 59.1 Å². The zero-order valence-corrected chi connectivity index (χ0v) is 23.9. The van der Waals surface area contributed by atoms with Crippen molar-refractivity contribution >= 4 is 56.2 Å². The molecule has 10 N–H and O–H groups in total. The normalized spacial score (nSPS) is 25.0. The van der Waals surface area contributed by atoms with Crippen LogP contribution in [0.5, 0.6) is 0 Å². The summed E-state index contributed by atoms with van der Waals surface area (Å²) in [5.74, 6) is -3.26. The number of thiazole rings is 1. The van der Waals surface area contributed by atoms with E-state index in [4.69, 9.17) is 22.0 Å². The van der Waals surface area contributed by atoms with Crippen LogP contribution in [0.25, 0.3) is 0 Å². The van der Waals surface area contributed by atoms with Crippen LogP contribution in [0.1, 0.15) is 37.1 Å². The fourth-order valence-electron chi connectivity index (χ4n) is 4.40. The van der Waals surface area contributed by atoms with Crippen LogP contribution in [0.15, 0.2) is 21.7 Å². The van der Waals surface area contributed by atoms with Crippen molar-refractivity contribution < 1.29 is 37.3 Å². The highest BCUT2D eigenvalue weighted by atomic mass is 32.2. The lowest BCUT2D eigenvalue weighted by molar-refractivity contribution is -0.153. The molecule has 0 unspecified atom stereocenters. The van der Waals surface area contributed by atoms with Crippen molar-refractivity contribution in [1.29, 1.82) is 0 Å². The van der Waals surface area contributed by atoms with E-state index in [1.807, 2.05) is 0 Å². The number of hydrogen-bond donors (Lipinski definition) is 7. The number of nitrogen functional groups attached to an aromatic ring is 1. The van der Waals surface area contributed by atoms with Crippen molar-refractivity contribution in [2.24, 2.45) is 21.6 Å². The van der Waals surface area contributed by atoms with E-state index in [0.29, 0.717) is 5.69 Å². The van der Waals surface area contributed by atoms with Crippen LogP contribution in [0.3, 0.4) is 0 Å². The van der Waals surface area contributed by atoms with Crippen LogP contribution in [-0.2, 0) is 42.6 Å². The third-order valence-electron chi connectivity index (χ3n) is 6.96. The number of carboxylic acids is 1. The summed E-state index contributed by atoms with van der Waals surface area (Å²) in [4.78, 5) is 51.8. The Labute approximate surface area is 247 Å². The highest BCUT2D eigenvalue weighted by Gasteiger charge is 2.56. The number of anilines is 1. The number of carbonyl (C=O) groups excluding carboxylic acids is 2. The van der Waals surface area contributed by atoms with Crippen molar-refractivity contribution in [1.82, 2.24) is 34.9 Å².